The average molecular weight is 336 g/mol. The Kier molecular flexibility index (Phi) is 4.54. The molecule has 2 heterocycles. The number of hydrogen-bond acceptors (Lipinski definition) is 5. The SMILES string of the molecule is CC[C@H]1CCc2sc(-c3nnc(SCC(N)=O)n3C)cc2C1. The molecule has 2 N–H and O–H groups in total. The van der Waals surface area contributed by atoms with Gasteiger partial charge in [0, 0.05) is 11.9 Å². The summed E-state index contributed by atoms with van der Waals surface area (Å²) in [7, 11) is 1.94. The van der Waals surface area contributed by atoms with Crippen molar-refractivity contribution in [2.45, 2.75) is 37.8 Å². The average Bonchev–Trinajstić information content (AvgIpc) is 3.07. The van der Waals surface area contributed by atoms with Crippen LogP contribution in [0.5, 0.6) is 0 Å². The lowest BCUT2D eigenvalue weighted by molar-refractivity contribution is -0.115. The van der Waals surface area contributed by atoms with Gasteiger partial charge in [-0.1, -0.05) is 25.1 Å². The Hall–Kier alpha value is -1.34. The molecule has 0 bridgehead atoms. The minimum Gasteiger partial charge on any atom is -0.369 e. The van der Waals surface area contributed by atoms with Crippen LogP contribution in [0, 0.1) is 5.92 Å². The smallest absolute Gasteiger partial charge is 0.227 e. The summed E-state index contributed by atoms with van der Waals surface area (Å²) < 4.78 is 1.95. The number of rotatable bonds is 5. The van der Waals surface area contributed by atoms with Crippen molar-refractivity contribution in [3.05, 3.63) is 16.5 Å². The summed E-state index contributed by atoms with van der Waals surface area (Å²) in [5.41, 5.74) is 6.66. The van der Waals surface area contributed by atoms with Crippen LogP contribution < -0.4 is 5.73 Å². The Morgan fingerprint density at radius 2 is 2.36 bits per heavy atom. The minimum atomic E-state index is -0.341. The van der Waals surface area contributed by atoms with Crippen molar-refractivity contribution in [2.24, 2.45) is 18.7 Å². The van der Waals surface area contributed by atoms with Crippen LogP contribution in [0.3, 0.4) is 0 Å². The Morgan fingerprint density at radius 1 is 1.55 bits per heavy atom. The normalized spacial score (nSPS) is 17.5. The Bertz CT molecular complexity index is 692. The molecule has 0 aliphatic heterocycles. The molecule has 0 fully saturated rings. The van der Waals surface area contributed by atoms with Crippen LogP contribution in [0.15, 0.2) is 11.2 Å². The predicted molar refractivity (Wildman–Crippen MR) is 90.0 cm³/mol. The fourth-order valence-corrected chi connectivity index (χ4v) is 4.73. The van der Waals surface area contributed by atoms with Crippen molar-refractivity contribution in [1.82, 2.24) is 14.8 Å². The maximum absolute atomic E-state index is 10.9. The highest BCUT2D eigenvalue weighted by Crippen LogP contribution is 2.37. The maximum Gasteiger partial charge on any atom is 0.227 e. The number of carbonyl (C=O) groups is 1. The molecule has 3 rings (SSSR count). The number of aryl methyl sites for hydroxylation is 1. The van der Waals surface area contributed by atoms with Crippen LogP contribution in [0.1, 0.15) is 30.2 Å². The van der Waals surface area contributed by atoms with Gasteiger partial charge in [0.2, 0.25) is 5.91 Å². The van der Waals surface area contributed by atoms with E-state index in [0.717, 1.165) is 16.9 Å². The number of thiophene rings is 1. The number of hydrogen-bond donors (Lipinski definition) is 1. The van der Waals surface area contributed by atoms with Gasteiger partial charge in [0.05, 0.1) is 10.6 Å². The molecule has 118 valence electrons. The minimum absolute atomic E-state index is 0.227. The van der Waals surface area contributed by atoms with Crippen LogP contribution in [-0.2, 0) is 24.7 Å². The molecule has 0 radical (unpaired) electrons. The molecule has 1 amide bonds. The van der Waals surface area contributed by atoms with E-state index < -0.39 is 0 Å². The third-order valence-electron chi connectivity index (χ3n) is 4.16. The fraction of sp³-hybridized carbons (Fsp3) is 0.533. The van der Waals surface area contributed by atoms with Crippen LogP contribution in [-0.4, -0.2) is 26.4 Å². The number of nitrogens with two attached hydrogens (primary N) is 1. The number of carbonyl (C=O) groups excluding carboxylic acids is 1. The molecule has 0 spiro atoms. The van der Waals surface area contributed by atoms with Gasteiger partial charge in [-0.15, -0.1) is 21.5 Å². The van der Waals surface area contributed by atoms with Gasteiger partial charge in [-0.25, -0.2) is 0 Å². The summed E-state index contributed by atoms with van der Waals surface area (Å²) >= 11 is 3.16. The summed E-state index contributed by atoms with van der Waals surface area (Å²) in [6.07, 6.45) is 4.91. The van der Waals surface area contributed by atoms with Crippen molar-refractivity contribution in [2.75, 3.05) is 5.75 Å². The lowest BCUT2D eigenvalue weighted by Gasteiger charge is -2.19. The van der Waals surface area contributed by atoms with Gasteiger partial charge in [0.15, 0.2) is 11.0 Å². The highest BCUT2D eigenvalue weighted by molar-refractivity contribution is 7.99. The summed E-state index contributed by atoms with van der Waals surface area (Å²) in [6.45, 7) is 2.27. The van der Waals surface area contributed by atoms with E-state index in [0.29, 0.717) is 0 Å². The number of amides is 1. The predicted octanol–water partition coefficient (Wildman–Crippen LogP) is 2.64. The lowest BCUT2D eigenvalue weighted by atomic mass is 9.87. The first-order chi connectivity index (χ1) is 10.6. The highest BCUT2D eigenvalue weighted by Gasteiger charge is 2.22. The van der Waals surface area contributed by atoms with Crippen LogP contribution >= 0.6 is 23.1 Å². The van der Waals surface area contributed by atoms with Gasteiger partial charge >= 0.3 is 0 Å². The third-order valence-corrected chi connectivity index (χ3v) is 6.44. The molecule has 0 aromatic carbocycles. The molecule has 0 unspecified atom stereocenters. The fourth-order valence-electron chi connectivity index (χ4n) is 2.85. The number of aromatic nitrogens is 3. The molecule has 22 heavy (non-hydrogen) atoms. The van der Waals surface area contributed by atoms with E-state index in [-0.39, 0.29) is 11.7 Å². The first kappa shape index (κ1) is 15.6. The molecular formula is C15H20N4OS2. The van der Waals surface area contributed by atoms with Gasteiger partial charge in [0.25, 0.3) is 0 Å². The van der Waals surface area contributed by atoms with Crippen LogP contribution in [0.2, 0.25) is 0 Å². The highest BCUT2D eigenvalue weighted by atomic mass is 32.2. The molecule has 1 aliphatic rings. The van der Waals surface area contributed by atoms with Gasteiger partial charge < -0.3 is 10.3 Å². The van der Waals surface area contributed by atoms with Crippen LogP contribution in [0.4, 0.5) is 0 Å². The molecule has 2 aromatic heterocycles. The van der Waals surface area contributed by atoms with E-state index in [1.807, 2.05) is 23.0 Å². The molecule has 7 heteroatoms. The number of nitrogens with zero attached hydrogens (tertiary/aromatic N) is 3. The van der Waals surface area contributed by atoms with Crippen molar-refractivity contribution >= 4 is 29.0 Å². The van der Waals surface area contributed by atoms with Crippen molar-refractivity contribution in [1.29, 1.82) is 0 Å². The summed E-state index contributed by atoms with van der Waals surface area (Å²) in [4.78, 5) is 13.6. The monoisotopic (exact) mass is 336 g/mol. The quantitative estimate of drug-likeness (QED) is 0.852. The summed E-state index contributed by atoms with van der Waals surface area (Å²) in [5, 5.41) is 9.20. The Morgan fingerprint density at radius 3 is 3.09 bits per heavy atom. The first-order valence-electron chi connectivity index (χ1n) is 7.51. The van der Waals surface area contributed by atoms with E-state index >= 15 is 0 Å². The summed E-state index contributed by atoms with van der Waals surface area (Å²) in [6, 6.07) is 2.27. The van der Waals surface area contributed by atoms with E-state index in [2.05, 4.69) is 23.2 Å². The zero-order chi connectivity index (χ0) is 15.7. The van der Waals surface area contributed by atoms with E-state index in [9.17, 15) is 4.79 Å². The Labute approximate surface area is 138 Å². The van der Waals surface area contributed by atoms with Crippen molar-refractivity contribution in [3.63, 3.8) is 0 Å². The topological polar surface area (TPSA) is 73.8 Å². The van der Waals surface area contributed by atoms with Crippen LogP contribution in [0.25, 0.3) is 10.7 Å². The van der Waals surface area contributed by atoms with Gasteiger partial charge in [-0.2, -0.15) is 0 Å². The zero-order valence-corrected chi connectivity index (χ0v) is 14.5. The number of primary amides is 1. The Balaban J connectivity index is 1.83. The molecule has 2 aromatic rings. The van der Waals surface area contributed by atoms with Crippen molar-refractivity contribution < 1.29 is 4.79 Å². The van der Waals surface area contributed by atoms with Gasteiger partial charge in [-0.05, 0) is 36.8 Å². The van der Waals surface area contributed by atoms with E-state index in [1.54, 1.807) is 0 Å². The standard InChI is InChI=1S/C15H20N4OS2/c1-3-9-4-5-11-10(6-9)7-12(22-11)14-17-18-15(19(14)2)21-8-13(16)20/h7,9H,3-6,8H2,1-2H3,(H2,16,20)/t9-/m0/s1. The second kappa shape index (κ2) is 6.42. The van der Waals surface area contributed by atoms with E-state index in [4.69, 9.17) is 5.73 Å². The second-order valence-corrected chi connectivity index (χ2v) is 7.78. The molecule has 1 atom stereocenters. The number of fused-ring (bicyclic) bond motifs is 1. The van der Waals surface area contributed by atoms with Gasteiger partial charge in [0.1, 0.15) is 0 Å². The van der Waals surface area contributed by atoms with Gasteiger partial charge in [-0.3, -0.25) is 4.79 Å². The second-order valence-electron chi connectivity index (χ2n) is 5.70. The molecular weight excluding hydrogens is 316 g/mol. The van der Waals surface area contributed by atoms with Crippen molar-refractivity contribution in [3.8, 4) is 10.7 Å². The first-order valence-corrected chi connectivity index (χ1v) is 9.31. The molecule has 0 saturated carbocycles. The molecule has 0 saturated heterocycles. The number of thioether (sulfide) groups is 1. The molecule has 5 nitrogen and oxygen atoms in total. The largest absolute Gasteiger partial charge is 0.369 e. The maximum atomic E-state index is 10.9. The zero-order valence-electron chi connectivity index (χ0n) is 12.8. The molecule has 1 aliphatic carbocycles. The lowest BCUT2D eigenvalue weighted by Crippen LogP contribution is -2.13. The van der Waals surface area contributed by atoms with E-state index in [1.165, 1.54) is 52.8 Å². The third kappa shape index (κ3) is 3.05. The summed E-state index contributed by atoms with van der Waals surface area (Å²) in [5.74, 6) is 1.58.